The summed E-state index contributed by atoms with van der Waals surface area (Å²) in [6.07, 6.45) is 2.68. The molecule has 2 heterocycles. The van der Waals surface area contributed by atoms with Crippen LogP contribution in [0.15, 0.2) is 22.7 Å². The lowest BCUT2D eigenvalue weighted by Gasteiger charge is -2.37. The topological polar surface area (TPSA) is 6.48 Å². The molecule has 2 aliphatic heterocycles. The molecule has 1 atom stereocenters. The third-order valence-corrected chi connectivity index (χ3v) is 4.67. The summed E-state index contributed by atoms with van der Waals surface area (Å²) in [4.78, 5) is 5.10. The third-order valence-electron chi connectivity index (χ3n) is 4.06. The van der Waals surface area contributed by atoms with Crippen LogP contribution in [0, 0.1) is 5.82 Å². The maximum Gasteiger partial charge on any atom is 0.137 e. The molecule has 18 heavy (non-hydrogen) atoms. The summed E-state index contributed by atoms with van der Waals surface area (Å²) in [6.45, 7) is 5.69. The average Bonchev–Trinajstić information content (AvgIpc) is 2.81. The minimum Gasteiger partial charge on any atom is -0.298 e. The molecule has 0 aromatic heterocycles. The summed E-state index contributed by atoms with van der Waals surface area (Å²) in [5.41, 5.74) is 1.19. The second-order valence-corrected chi connectivity index (χ2v) is 6.17. The third kappa shape index (κ3) is 2.60. The smallest absolute Gasteiger partial charge is 0.137 e. The molecule has 1 aromatic rings. The quantitative estimate of drug-likeness (QED) is 0.828. The molecule has 0 spiro atoms. The zero-order chi connectivity index (χ0) is 12.5. The molecule has 1 aromatic carbocycles. The Kier molecular flexibility index (Phi) is 3.68. The lowest BCUT2D eigenvalue weighted by atomic mass is 10.1. The monoisotopic (exact) mass is 312 g/mol. The van der Waals surface area contributed by atoms with E-state index in [-0.39, 0.29) is 5.82 Å². The minimum absolute atomic E-state index is 0.181. The van der Waals surface area contributed by atoms with Crippen molar-refractivity contribution >= 4 is 15.9 Å². The number of rotatable bonds is 2. The minimum atomic E-state index is -0.181. The number of fused-ring (bicyclic) bond motifs is 1. The van der Waals surface area contributed by atoms with Crippen molar-refractivity contribution in [3.05, 3.63) is 34.1 Å². The van der Waals surface area contributed by atoms with Crippen LogP contribution in [0.4, 0.5) is 4.39 Å². The number of hydrogen-bond donors (Lipinski definition) is 0. The molecule has 2 saturated heterocycles. The molecule has 3 rings (SSSR count). The Labute approximate surface area is 116 Å². The highest BCUT2D eigenvalue weighted by molar-refractivity contribution is 9.10. The van der Waals surface area contributed by atoms with E-state index in [1.165, 1.54) is 31.5 Å². The molecule has 0 saturated carbocycles. The van der Waals surface area contributed by atoms with E-state index in [9.17, 15) is 4.39 Å². The van der Waals surface area contributed by atoms with Crippen LogP contribution >= 0.6 is 15.9 Å². The van der Waals surface area contributed by atoms with Crippen LogP contribution in [-0.2, 0) is 6.54 Å². The molecule has 0 bridgehead atoms. The van der Waals surface area contributed by atoms with Crippen molar-refractivity contribution in [1.29, 1.82) is 0 Å². The largest absolute Gasteiger partial charge is 0.298 e. The molecule has 0 aliphatic carbocycles. The fourth-order valence-electron chi connectivity index (χ4n) is 3.10. The number of nitrogens with zero attached hydrogens (tertiary/aromatic N) is 2. The molecule has 98 valence electrons. The average molecular weight is 313 g/mol. The Hall–Kier alpha value is -0.450. The van der Waals surface area contributed by atoms with Crippen molar-refractivity contribution in [2.24, 2.45) is 0 Å². The fraction of sp³-hybridized carbons (Fsp3) is 0.571. The maximum absolute atomic E-state index is 13.2. The summed E-state index contributed by atoms with van der Waals surface area (Å²) in [7, 11) is 0. The van der Waals surface area contributed by atoms with E-state index in [1.54, 1.807) is 6.07 Å². The van der Waals surface area contributed by atoms with E-state index in [0.717, 1.165) is 25.7 Å². The second kappa shape index (κ2) is 5.27. The van der Waals surface area contributed by atoms with Crippen LogP contribution in [-0.4, -0.2) is 42.0 Å². The number of piperazine rings is 1. The zero-order valence-electron chi connectivity index (χ0n) is 10.4. The van der Waals surface area contributed by atoms with Gasteiger partial charge in [0, 0.05) is 32.2 Å². The molecule has 2 fully saturated rings. The second-order valence-electron chi connectivity index (χ2n) is 5.32. The predicted octanol–water partition coefficient (Wildman–Crippen LogP) is 2.87. The van der Waals surface area contributed by atoms with Crippen LogP contribution in [0.2, 0.25) is 0 Å². The number of benzene rings is 1. The van der Waals surface area contributed by atoms with Gasteiger partial charge in [-0.2, -0.15) is 0 Å². The van der Waals surface area contributed by atoms with Crippen molar-refractivity contribution in [3.8, 4) is 0 Å². The van der Waals surface area contributed by atoms with Crippen molar-refractivity contribution < 1.29 is 4.39 Å². The van der Waals surface area contributed by atoms with E-state index in [2.05, 4.69) is 25.7 Å². The number of halogens is 2. The molecule has 4 heteroatoms. The van der Waals surface area contributed by atoms with E-state index in [1.807, 2.05) is 12.1 Å². The van der Waals surface area contributed by atoms with Gasteiger partial charge in [0.15, 0.2) is 0 Å². The van der Waals surface area contributed by atoms with Gasteiger partial charge in [0.1, 0.15) is 5.82 Å². The lowest BCUT2D eigenvalue weighted by Crippen LogP contribution is -2.49. The van der Waals surface area contributed by atoms with Gasteiger partial charge >= 0.3 is 0 Å². The molecule has 2 nitrogen and oxygen atoms in total. The van der Waals surface area contributed by atoms with Gasteiger partial charge in [-0.05, 0) is 53.0 Å². The van der Waals surface area contributed by atoms with Gasteiger partial charge in [-0.3, -0.25) is 9.80 Å². The Balaban J connectivity index is 1.64. The van der Waals surface area contributed by atoms with Gasteiger partial charge in [0.05, 0.1) is 4.47 Å². The summed E-state index contributed by atoms with van der Waals surface area (Å²) in [5, 5.41) is 0. The first-order valence-electron chi connectivity index (χ1n) is 6.63. The van der Waals surface area contributed by atoms with Gasteiger partial charge in [-0.1, -0.05) is 6.07 Å². The highest BCUT2D eigenvalue weighted by atomic mass is 79.9. The van der Waals surface area contributed by atoms with Gasteiger partial charge in [0.2, 0.25) is 0 Å². The molecule has 0 N–H and O–H groups in total. The summed E-state index contributed by atoms with van der Waals surface area (Å²) >= 11 is 3.25. The first-order valence-corrected chi connectivity index (χ1v) is 7.42. The normalized spacial score (nSPS) is 25.3. The maximum atomic E-state index is 13.2. The summed E-state index contributed by atoms with van der Waals surface area (Å²) < 4.78 is 13.8. The lowest BCUT2D eigenvalue weighted by molar-refractivity contribution is 0.0993. The van der Waals surface area contributed by atoms with E-state index in [4.69, 9.17) is 0 Å². The van der Waals surface area contributed by atoms with Crippen molar-refractivity contribution in [1.82, 2.24) is 9.80 Å². The van der Waals surface area contributed by atoms with Gasteiger partial charge in [0.25, 0.3) is 0 Å². The van der Waals surface area contributed by atoms with E-state index in [0.29, 0.717) is 4.47 Å². The van der Waals surface area contributed by atoms with Crippen molar-refractivity contribution in [2.45, 2.75) is 25.4 Å². The molecule has 0 radical (unpaired) electrons. The van der Waals surface area contributed by atoms with Crippen LogP contribution in [0.3, 0.4) is 0 Å². The Morgan fingerprint density at radius 3 is 3.00 bits per heavy atom. The molecule has 2 aliphatic rings. The standard InChI is InChI=1S/C14H18BrFN2/c15-13-8-11(3-4-14(13)16)9-17-6-7-18-5-1-2-12(18)10-17/h3-4,8,12H,1-2,5-7,9-10H2. The molecular weight excluding hydrogens is 295 g/mol. The zero-order valence-corrected chi connectivity index (χ0v) is 12.0. The first-order chi connectivity index (χ1) is 8.72. The molecular formula is C14H18BrFN2. The molecule has 1 unspecified atom stereocenters. The van der Waals surface area contributed by atoms with Gasteiger partial charge < -0.3 is 0 Å². The van der Waals surface area contributed by atoms with Crippen LogP contribution in [0.5, 0.6) is 0 Å². The van der Waals surface area contributed by atoms with Crippen LogP contribution in [0.1, 0.15) is 18.4 Å². The summed E-state index contributed by atoms with van der Waals surface area (Å²) in [6, 6.07) is 6.09. The molecule has 0 amide bonds. The Morgan fingerprint density at radius 1 is 1.28 bits per heavy atom. The van der Waals surface area contributed by atoms with E-state index < -0.39 is 0 Å². The first kappa shape index (κ1) is 12.6. The summed E-state index contributed by atoms with van der Waals surface area (Å²) in [5.74, 6) is -0.181. The van der Waals surface area contributed by atoms with E-state index >= 15 is 0 Å². The Morgan fingerprint density at radius 2 is 2.17 bits per heavy atom. The van der Waals surface area contributed by atoms with Crippen molar-refractivity contribution in [2.75, 3.05) is 26.2 Å². The number of hydrogen-bond acceptors (Lipinski definition) is 2. The Bertz CT molecular complexity index is 438. The predicted molar refractivity (Wildman–Crippen MR) is 74.0 cm³/mol. The van der Waals surface area contributed by atoms with Crippen molar-refractivity contribution in [3.63, 3.8) is 0 Å². The van der Waals surface area contributed by atoms with Crippen LogP contribution < -0.4 is 0 Å². The van der Waals surface area contributed by atoms with Crippen LogP contribution in [0.25, 0.3) is 0 Å². The highest BCUT2D eigenvalue weighted by Gasteiger charge is 2.30. The van der Waals surface area contributed by atoms with Gasteiger partial charge in [-0.15, -0.1) is 0 Å². The highest BCUT2D eigenvalue weighted by Crippen LogP contribution is 2.23. The van der Waals surface area contributed by atoms with Gasteiger partial charge in [-0.25, -0.2) is 4.39 Å². The fourth-order valence-corrected chi connectivity index (χ4v) is 3.52. The SMILES string of the molecule is Fc1ccc(CN2CCN3CCCC3C2)cc1Br.